The van der Waals surface area contributed by atoms with Gasteiger partial charge in [-0.15, -0.1) is 0 Å². The number of pyridine rings is 1. The molecule has 1 saturated heterocycles. The summed E-state index contributed by atoms with van der Waals surface area (Å²) < 4.78 is 4.52. The van der Waals surface area contributed by atoms with Crippen LogP contribution in [0.1, 0.15) is 30.1 Å². The predicted molar refractivity (Wildman–Crippen MR) is 81.0 cm³/mol. The van der Waals surface area contributed by atoms with Gasteiger partial charge in [0, 0.05) is 31.3 Å². The van der Waals surface area contributed by atoms with E-state index in [0.29, 0.717) is 13.0 Å². The van der Waals surface area contributed by atoms with Gasteiger partial charge in [0.2, 0.25) is 11.7 Å². The molecular formula is C14H18N4O5. The monoisotopic (exact) mass is 322 g/mol. The molecule has 0 aromatic carbocycles. The molecule has 0 radical (unpaired) electrons. The molecule has 1 aliphatic heterocycles. The van der Waals surface area contributed by atoms with Crippen LogP contribution in [0.25, 0.3) is 0 Å². The van der Waals surface area contributed by atoms with Crippen LogP contribution in [-0.4, -0.2) is 41.5 Å². The van der Waals surface area contributed by atoms with Gasteiger partial charge in [-0.05, 0) is 19.3 Å². The van der Waals surface area contributed by atoms with Gasteiger partial charge in [0.05, 0.1) is 17.6 Å². The van der Waals surface area contributed by atoms with Crippen molar-refractivity contribution in [1.29, 1.82) is 0 Å². The van der Waals surface area contributed by atoms with E-state index in [9.17, 15) is 19.7 Å². The van der Waals surface area contributed by atoms with E-state index in [0.717, 1.165) is 12.5 Å². The molecule has 124 valence electrons. The number of amides is 1. The SMILES string of the molecule is COC(=O)c1cnc(NC[C@@H]2CC(=O)N[C@H](C)C2)c([N+](=O)[O-])c1. The minimum Gasteiger partial charge on any atom is -0.465 e. The average molecular weight is 322 g/mol. The van der Waals surface area contributed by atoms with Gasteiger partial charge in [-0.1, -0.05) is 0 Å². The molecule has 1 aromatic rings. The van der Waals surface area contributed by atoms with Gasteiger partial charge >= 0.3 is 11.7 Å². The third-order valence-corrected chi connectivity index (χ3v) is 3.61. The van der Waals surface area contributed by atoms with E-state index < -0.39 is 10.9 Å². The predicted octanol–water partition coefficient (Wildman–Crippen LogP) is 1.10. The van der Waals surface area contributed by atoms with Crippen molar-refractivity contribution >= 4 is 23.4 Å². The zero-order valence-electron chi connectivity index (χ0n) is 12.9. The fourth-order valence-electron chi connectivity index (χ4n) is 2.59. The highest BCUT2D eigenvalue weighted by atomic mass is 16.6. The minimum atomic E-state index is -0.690. The molecule has 0 spiro atoms. The topological polar surface area (TPSA) is 123 Å². The van der Waals surface area contributed by atoms with Crippen LogP contribution < -0.4 is 10.6 Å². The van der Waals surface area contributed by atoms with Crippen molar-refractivity contribution in [1.82, 2.24) is 10.3 Å². The number of anilines is 1. The number of methoxy groups -OCH3 is 1. The minimum absolute atomic E-state index is 0.00964. The highest BCUT2D eigenvalue weighted by molar-refractivity contribution is 5.90. The van der Waals surface area contributed by atoms with E-state index in [1.165, 1.54) is 13.3 Å². The van der Waals surface area contributed by atoms with Gasteiger partial charge in [0.25, 0.3) is 0 Å². The lowest BCUT2D eigenvalue weighted by atomic mass is 9.93. The van der Waals surface area contributed by atoms with Crippen molar-refractivity contribution in [2.24, 2.45) is 5.92 Å². The van der Waals surface area contributed by atoms with E-state index in [1.54, 1.807) is 0 Å². The molecule has 9 nitrogen and oxygen atoms in total. The van der Waals surface area contributed by atoms with Crippen molar-refractivity contribution in [3.8, 4) is 0 Å². The first kappa shape index (κ1) is 16.7. The first-order chi connectivity index (χ1) is 10.9. The summed E-state index contributed by atoms with van der Waals surface area (Å²) in [5.41, 5.74) is -0.295. The molecule has 2 rings (SSSR count). The maximum atomic E-state index is 11.5. The van der Waals surface area contributed by atoms with Gasteiger partial charge in [-0.25, -0.2) is 9.78 Å². The Morgan fingerprint density at radius 3 is 2.96 bits per heavy atom. The number of carbonyl (C=O) groups excluding carboxylic acids is 2. The summed E-state index contributed by atoms with van der Waals surface area (Å²) in [6.07, 6.45) is 2.37. The van der Waals surface area contributed by atoms with Crippen molar-refractivity contribution < 1.29 is 19.2 Å². The second-order valence-corrected chi connectivity index (χ2v) is 5.50. The Hall–Kier alpha value is -2.71. The summed E-state index contributed by atoms with van der Waals surface area (Å²) in [4.78, 5) is 37.4. The van der Waals surface area contributed by atoms with Crippen LogP contribution in [0.2, 0.25) is 0 Å². The Morgan fingerprint density at radius 2 is 2.35 bits per heavy atom. The number of esters is 1. The van der Waals surface area contributed by atoms with Crippen LogP contribution >= 0.6 is 0 Å². The maximum absolute atomic E-state index is 11.5. The standard InChI is InChI=1S/C14H18N4O5/c1-8-3-9(4-12(19)17-8)6-15-13-11(18(21)22)5-10(7-16-13)14(20)23-2/h5,7-9H,3-4,6H2,1-2H3,(H,15,16)(H,17,19)/t8-,9+/m1/s1. The second kappa shape index (κ2) is 7.03. The molecule has 0 aliphatic carbocycles. The third-order valence-electron chi connectivity index (χ3n) is 3.61. The molecule has 9 heteroatoms. The summed E-state index contributed by atoms with van der Waals surface area (Å²) in [5.74, 6) is -0.578. The largest absolute Gasteiger partial charge is 0.465 e. The van der Waals surface area contributed by atoms with Crippen LogP contribution in [0.15, 0.2) is 12.3 Å². The Kier molecular flexibility index (Phi) is 5.09. The molecule has 23 heavy (non-hydrogen) atoms. The van der Waals surface area contributed by atoms with Gasteiger partial charge < -0.3 is 15.4 Å². The van der Waals surface area contributed by atoms with Gasteiger partial charge in [-0.3, -0.25) is 14.9 Å². The van der Waals surface area contributed by atoms with Crippen molar-refractivity contribution in [3.05, 3.63) is 27.9 Å². The fourth-order valence-corrected chi connectivity index (χ4v) is 2.59. The number of aromatic nitrogens is 1. The average Bonchev–Trinajstić information content (AvgIpc) is 2.51. The first-order valence-corrected chi connectivity index (χ1v) is 7.16. The van der Waals surface area contributed by atoms with E-state index >= 15 is 0 Å². The number of hydrogen-bond acceptors (Lipinski definition) is 7. The number of piperidine rings is 1. The summed E-state index contributed by atoms with van der Waals surface area (Å²) in [7, 11) is 1.19. The summed E-state index contributed by atoms with van der Waals surface area (Å²) >= 11 is 0. The molecule has 1 amide bonds. The number of ether oxygens (including phenoxy) is 1. The Labute approximate surface area is 132 Å². The van der Waals surface area contributed by atoms with E-state index in [1.807, 2.05) is 6.92 Å². The van der Waals surface area contributed by atoms with Crippen LogP contribution in [-0.2, 0) is 9.53 Å². The van der Waals surface area contributed by atoms with Crippen molar-refractivity contribution in [3.63, 3.8) is 0 Å². The highest BCUT2D eigenvalue weighted by Crippen LogP contribution is 2.25. The molecule has 2 atom stereocenters. The molecular weight excluding hydrogens is 304 g/mol. The summed E-state index contributed by atoms with van der Waals surface area (Å²) in [5, 5.41) is 16.9. The highest BCUT2D eigenvalue weighted by Gasteiger charge is 2.25. The lowest BCUT2D eigenvalue weighted by Crippen LogP contribution is -2.42. The number of carbonyl (C=O) groups is 2. The molecule has 1 aliphatic rings. The molecule has 1 fully saturated rings. The lowest BCUT2D eigenvalue weighted by Gasteiger charge is -2.27. The van der Waals surface area contributed by atoms with Crippen LogP contribution in [0.3, 0.4) is 0 Å². The fraction of sp³-hybridized carbons (Fsp3) is 0.500. The quantitative estimate of drug-likeness (QED) is 0.472. The van der Waals surface area contributed by atoms with Crippen LogP contribution in [0, 0.1) is 16.0 Å². The Balaban J connectivity index is 2.11. The number of rotatable bonds is 5. The van der Waals surface area contributed by atoms with Crippen molar-refractivity contribution in [2.75, 3.05) is 19.0 Å². The first-order valence-electron chi connectivity index (χ1n) is 7.16. The van der Waals surface area contributed by atoms with E-state index in [4.69, 9.17) is 0 Å². The third kappa shape index (κ3) is 4.15. The van der Waals surface area contributed by atoms with Crippen LogP contribution in [0.4, 0.5) is 11.5 Å². The second-order valence-electron chi connectivity index (χ2n) is 5.50. The molecule has 0 unspecified atom stereocenters. The maximum Gasteiger partial charge on any atom is 0.339 e. The zero-order chi connectivity index (χ0) is 17.0. The number of nitrogens with zero attached hydrogens (tertiary/aromatic N) is 2. The Morgan fingerprint density at radius 1 is 1.61 bits per heavy atom. The van der Waals surface area contributed by atoms with Gasteiger partial charge in [-0.2, -0.15) is 0 Å². The molecule has 0 bridgehead atoms. The van der Waals surface area contributed by atoms with E-state index in [-0.39, 0.29) is 34.9 Å². The number of hydrogen-bond donors (Lipinski definition) is 2. The Bertz CT molecular complexity index is 634. The van der Waals surface area contributed by atoms with Crippen molar-refractivity contribution in [2.45, 2.75) is 25.8 Å². The van der Waals surface area contributed by atoms with Gasteiger partial charge in [0.1, 0.15) is 0 Å². The number of nitrogens with one attached hydrogen (secondary N) is 2. The zero-order valence-corrected chi connectivity index (χ0v) is 12.9. The molecule has 0 saturated carbocycles. The van der Waals surface area contributed by atoms with E-state index in [2.05, 4.69) is 20.4 Å². The normalized spacial score (nSPS) is 20.5. The summed E-state index contributed by atoms with van der Waals surface area (Å²) in [6, 6.07) is 1.20. The number of nitro groups is 1. The molecule has 2 heterocycles. The molecule has 1 aromatic heterocycles. The van der Waals surface area contributed by atoms with Gasteiger partial charge in [0.15, 0.2) is 0 Å². The lowest BCUT2D eigenvalue weighted by molar-refractivity contribution is -0.384. The summed E-state index contributed by atoms with van der Waals surface area (Å²) in [6.45, 7) is 2.30. The smallest absolute Gasteiger partial charge is 0.339 e. The van der Waals surface area contributed by atoms with Crippen LogP contribution in [0.5, 0.6) is 0 Å². The molecule has 2 N–H and O–H groups in total.